The maximum absolute atomic E-state index is 11.7. The molecule has 162 valence electrons. The molecule has 0 aliphatic rings. The van der Waals surface area contributed by atoms with E-state index < -0.39 is 0 Å². The molecule has 0 heterocycles. The summed E-state index contributed by atoms with van der Waals surface area (Å²) < 4.78 is 0. The number of likely N-dealkylation sites (N-methyl/N-ethyl adjacent to an activating group) is 1. The summed E-state index contributed by atoms with van der Waals surface area (Å²) in [4.78, 5) is 18.9. The lowest BCUT2D eigenvalue weighted by molar-refractivity contribution is 0.0963. The van der Waals surface area contributed by atoms with Crippen LogP contribution in [0.5, 0.6) is 0 Å². The first-order valence-corrected chi connectivity index (χ1v) is 10.7. The summed E-state index contributed by atoms with van der Waals surface area (Å²) in [6, 6.07) is 18.4. The lowest BCUT2D eigenvalue weighted by Gasteiger charge is -2.30. The molecule has 6 nitrogen and oxygen atoms in total. The van der Waals surface area contributed by atoms with Gasteiger partial charge >= 0.3 is 0 Å². The van der Waals surface area contributed by atoms with Crippen molar-refractivity contribution in [2.75, 3.05) is 33.2 Å². The third-order valence-corrected chi connectivity index (χ3v) is 5.11. The number of nitrogens with one attached hydrogen (secondary N) is 3. The lowest BCUT2D eigenvalue weighted by Crippen LogP contribution is -2.43. The standard InChI is InChI=1S/C24H35N5O/c1-5-26-24(27-17-19-13-15-21(16-14-19)23(30)25-4)28-18-22(29(6-2)7-3)20-11-9-8-10-12-20/h8-16,22H,5-7,17-18H2,1-4H3,(H,25,30)(H2,26,27,28). The number of rotatable bonds is 10. The van der Waals surface area contributed by atoms with Gasteiger partial charge < -0.3 is 16.0 Å². The van der Waals surface area contributed by atoms with Crippen LogP contribution in [0, 0.1) is 0 Å². The predicted octanol–water partition coefficient (Wildman–Crippen LogP) is 3.18. The predicted molar refractivity (Wildman–Crippen MR) is 125 cm³/mol. The third kappa shape index (κ3) is 6.88. The highest BCUT2D eigenvalue weighted by atomic mass is 16.1. The zero-order chi connectivity index (χ0) is 21.8. The molecule has 0 aliphatic heterocycles. The molecule has 2 rings (SSSR count). The van der Waals surface area contributed by atoms with Crippen LogP contribution in [0.1, 0.15) is 48.3 Å². The molecule has 0 aliphatic carbocycles. The molecule has 0 fully saturated rings. The van der Waals surface area contributed by atoms with Crippen molar-refractivity contribution in [3.8, 4) is 0 Å². The largest absolute Gasteiger partial charge is 0.357 e. The van der Waals surface area contributed by atoms with Gasteiger partial charge in [0.05, 0.1) is 12.6 Å². The van der Waals surface area contributed by atoms with E-state index in [-0.39, 0.29) is 11.9 Å². The fraction of sp³-hybridized carbons (Fsp3) is 0.417. The quantitative estimate of drug-likeness (QED) is 0.416. The molecule has 0 bridgehead atoms. The first kappa shape index (κ1) is 23.4. The Balaban J connectivity index is 2.08. The van der Waals surface area contributed by atoms with Crippen LogP contribution in [0.25, 0.3) is 0 Å². The number of hydrogen-bond donors (Lipinski definition) is 3. The fourth-order valence-corrected chi connectivity index (χ4v) is 3.41. The Bertz CT molecular complexity index is 785. The first-order chi connectivity index (χ1) is 14.6. The molecule has 1 amide bonds. The molecular formula is C24H35N5O. The minimum absolute atomic E-state index is 0.0802. The molecule has 1 atom stereocenters. The van der Waals surface area contributed by atoms with Gasteiger partial charge in [-0.1, -0.05) is 56.3 Å². The molecular weight excluding hydrogens is 374 g/mol. The van der Waals surface area contributed by atoms with Crippen molar-refractivity contribution in [3.63, 3.8) is 0 Å². The molecule has 0 aromatic heterocycles. The first-order valence-electron chi connectivity index (χ1n) is 10.7. The fourth-order valence-electron chi connectivity index (χ4n) is 3.41. The zero-order valence-electron chi connectivity index (χ0n) is 18.6. The zero-order valence-corrected chi connectivity index (χ0v) is 18.6. The Hall–Kier alpha value is -2.86. The average molecular weight is 410 g/mol. The Morgan fingerprint density at radius 1 is 0.967 bits per heavy atom. The van der Waals surface area contributed by atoms with Crippen molar-refractivity contribution in [2.45, 2.75) is 33.4 Å². The van der Waals surface area contributed by atoms with E-state index in [0.29, 0.717) is 12.1 Å². The van der Waals surface area contributed by atoms with E-state index in [1.807, 2.05) is 24.3 Å². The topological polar surface area (TPSA) is 68.8 Å². The van der Waals surface area contributed by atoms with Gasteiger partial charge in [-0.2, -0.15) is 0 Å². The number of amides is 1. The van der Waals surface area contributed by atoms with Crippen LogP contribution in [0.4, 0.5) is 0 Å². The van der Waals surface area contributed by atoms with E-state index in [9.17, 15) is 4.79 Å². The van der Waals surface area contributed by atoms with Crippen molar-refractivity contribution in [3.05, 3.63) is 71.3 Å². The molecule has 1 unspecified atom stereocenters. The van der Waals surface area contributed by atoms with Crippen LogP contribution >= 0.6 is 0 Å². The summed E-state index contributed by atoms with van der Waals surface area (Å²) in [5.41, 5.74) is 3.01. The van der Waals surface area contributed by atoms with Crippen molar-refractivity contribution in [2.24, 2.45) is 4.99 Å². The number of guanidine groups is 1. The van der Waals surface area contributed by atoms with Crippen molar-refractivity contribution >= 4 is 11.9 Å². The number of carbonyl (C=O) groups excluding carboxylic acids is 1. The van der Waals surface area contributed by atoms with E-state index >= 15 is 0 Å². The molecule has 2 aromatic carbocycles. The van der Waals surface area contributed by atoms with Gasteiger partial charge in [0, 0.05) is 25.7 Å². The molecule has 0 saturated heterocycles. The Kier molecular flexibility index (Phi) is 9.87. The van der Waals surface area contributed by atoms with Crippen LogP contribution in [-0.4, -0.2) is 50.0 Å². The summed E-state index contributed by atoms with van der Waals surface area (Å²) in [7, 11) is 1.63. The molecule has 3 N–H and O–H groups in total. The Morgan fingerprint density at radius 2 is 1.63 bits per heavy atom. The highest BCUT2D eigenvalue weighted by Gasteiger charge is 2.18. The van der Waals surface area contributed by atoms with E-state index in [4.69, 9.17) is 4.99 Å². The smallest absolute Gasteiger partial charge is 0.251 e. The number of carbonyl (C=O) groups is 1. The summed E-state index contributed by atoms with van der Waals surface area (Å²) >= 11 is 0. The average Bonchev–Trinajstić information content (AvgIpc) is 2.80. The second-order valence-electron chi connectivity index (χ2n) is 7.00. The number of benzene rings is 2. The number of aliphatic imine (C=N–C) groups is 1. The number of nitrogens with zero attached hydrogens (tertiary/aromatic N) is 2. The maximum atomic E-state index is 11.7. The Morgan fingerprint density at radius 3 is 2.20 bits per heavy atom. The second-order valence-corrected chi connectivity index (χ2v) is 7.00. The van der Waals surface area contributed by atoms with Gasteiger partial charge in [-0.3, -0.25) is 9.69 Å². The highest BCUT2D eigenvalue weighted by molar-refractivity contribution is 5.93. The van der Waals surface area contributed by atoms with E-state index in [0.717, 1.165) is 37.7 Å². The summed E-state index contributed by atoms with van der Waals surface area (Å²) in [6.45, 7) is 10.5. The molecule has 6 heteroatoms. The molecule has 0 saturated carbocycles. The molecule has 2 aromatic rings. The maximum Gasteiger partial charge on any atom is 0.251 e. The normalized spacial score (nSPS) is 12.5. The number of hydrogen-bond acceptors (Lipinski definition) is 3. The van der Waals surface area contributed by atoms with Crippen LogP contribution in [0.15, 0.2) is 59.6 Å². The van der Waals surface area contributed by atoms with Crippen molar-refractivity contribution in [1.82, 2.24) is 20.9 Å². The molecule has 30 heavy (non-hydrogen) atoms. The summed E-state index contributed by atoms with van der Waals surface area (Å²) in [5, 5.41) is 9.48. The summed E-state index contributed by atoms with van der Waals surface area (Å²) in [5.74, 6) is 0.712. The Labute approximate surface area is 180 Å². The molecule has 0 spiro atoms. The van der Waals surface area contributed by atoms with E-state index in [1.165, 1.54) is 5.56 Å². The van der Waals surface area contributed by atoms with Crippen LogP contribution < -0.4 is 16.0 Å². The van der Waals surface area contributed by atoms with Crippen molar-refractivity contribution in [1.29, 1.82) is 0 Å². The van der Waals surface area contributed by atoms with Gasteiger partial charge in [0.25, 0.3) is 5.91 Å². The van der Waals surface area contributed by atoms with Gasteiger partial charge in [0.1, 0.15) is 0 Å². The van der Waals surface area contributed by atoms with Crippen LogP contribution in [-0.2, 0) is 6.54 Å². The van der Waals surface area contributed by atoms with Gasteiger partial charge in [-0.15, -0.1) is 0 Å². The van der Waals surface area contributed by atoms with Crippen LogP contribution in [0.3, 0.4) is 0 Å². The van der Waals surface area contributed by atoms with Gasteiger partial charge in [0.2, 0.25) is 0 Å². The minimum atomic E-state index is -0.0802. The third-order valence-electron chi connectivity index (χ3n) is 5.11. The van der Waals surface area contributed by atoms with E-state index in [2.05, 4.69) is 72.0 Å². The highest BCUT2D eigenvalue weighted by Crippen LogP contribution is 2.19. The monoisotopic (exact) mass is 409 g/mol. The SMILES string of the molecule is CCNC(=NCc1ccc(C(=O)NC)cc1)NCC(c1ccccc1)N(CC)CC. The van der Waals surface area contributed by atoms with Gasteiger partial charge in [-0.25, -0.2) is 4.99 Å². The summed E-state index contributed by atoms with van der Waals surface area (Å²) in [6.07, 6.45) is 0. The van der Waals surface area contributed by atoms with Gasteiger partial charge in [-0.05, 0) is 43.3 Å². The second kappa shape index (κ2) is 12.6. The minimum Gasteiger partial charge on any atom is -0.357 e. The lowest BCUT2D eigenvalue weighted by atomic mass is 10.1. The molecule has 0 radical (unpaired) electrons. The van der Waals surface area contributed by atoms with Gasteiger partial charge in [0.15, 0.2) is 5.96 Å². The van der Waals surface area contributed by atoms with E-state index in [1.54, 1.807) is 7.05 Å². The van der Waals surface area contributed by atoms with Crippen LogP contribution in [0.2, 0.25) is 0 Å². The van der Waals surface area contributed by atoms with Crippen molar-refractivity contribution < 1.29 is 4.79 Å².